The Morgan fingerprint density at radius 3 is 2.65 bits per heavy atom. The Labute approximate surface area is 128 Å². The maximum Gasteiger partial charge on any atom is 0.251 e. The number of thioether (sulfide) groups is 1. The summed E-state index contributed by atoms with van der Waals surface area (Å²) in [5, 5.41) is 3.72. The van der Waals surface area contributed by atoms with E-state index in [1.165, 1.54) is 12.3 Å². The van der Waals surface area contributed by atoms with Crippen LogP contribution in [0.1, 0.15) is 0 Å². The van der Waals surface area contributed by atoms with Crippen molar-refractivity contribution in [2.75, 3.05) is 11.1 Å². The van der Waals surface area contributed by atoms with Crippen molar-refractivity contribution < 1.29 is 4.79 Å². The number of para-hydroxylation sites is 1. The molecule has 0 saturated heterocycles. The summed E-state index contributed by atoms with van der Waals surface area (Å²) >= 11 is 13.0. The lowest BCUT2D eigenvalue weighted by Crippen LogP contribution is -2.15. The number of aromatic nitrogens is 2. The summed E-state index contributed by atoms with van der Waals surface area (Å²) < 4.78 is 0. The van der Waals surface area contributed by atoms with Gasteiger partial charge in [-0.1, -0.05) is 41.0 Å². The molecule has 0 fully saturated rings. The second kappa shape index (κ2) is 6.78. The summed E-state index contributed by atoms with van der Waals surface area (Å²) in [5.41, 5.74) is 0.105. The third kappa shape index (κ3) is 4.00. The molecule has 0 bridgehead atoms. The highest BCUT2D eigenvalue weighted by Gasteiger charge is 2.10. The molecule has 1 aromatic heterocycles. The maximum atomic E-state index is 11.8. The third-order valence-corrected chi connectivity index (χ3v) is 3.73. The fourth-order valence-electron chi connectivity index (χ4n) is 1.35. The smallest absolute Gasteiger partial charge is 0.251 e. The van der Waals surface area contributed by atoms with E-state index in [0.717, 1.165) is 11.8 Å². The van der Waals surface area contributed by atoms with Gasteiger partial charge < -0.3 is 10.3 Å². The molecular weight excluding hydrogens is 321 g/mol. The van der Waals surface area contributed by atoms with Crippen molar-refractivity contribution in [3.05, 3.63) is 50.9 Å². The first-order valence-electron chi connectivity index (χ1n) is 5.48. The van der Waals surface area contributed by atoms with Crippen molar-refractivity contribution in [3.63, 3.8) is 0 Å². The van der Waals surface area contributed by atoms with Crippen LogP contribution in [0.5, 0.6) is 0 Å². The SMILES string of the molecule is O=C(CSc1nccc(=O)[nH]1)Nc1c(Cl)cccc1Cl. The third-order valence-electron chi connectivity index (χ3n) is 2.21. The molecule has 2 rings (SSSR count). The highest BCUT2D eigenvalue weighted by Crippen LogP contribution is 2.29. The van der Waals surface area contributed by atoms with Gasteiger partial charge >= 0.3 is 0 Å². The van der Waals surface area contributed by atoms with Gasteiger partial charge in [-0.25, -0.2) is 4.98 Å². The van der Waals surface area contributed by atoms with Crippen molar-refractivity contribution in [1.82, 2.24) is 9.97 Å². The van der Waals surface area contributed by atoms with Crippen LogP contribution in [-0.2, 0) is 4.79 Å². The van der Waals surface area contributed by atoms with Crippen LogP contribution in [0.3, 0.4) is 0 Å². The minimum Gasteiger partial charge on any atom is -0.323 e. The normalized spacial score (nSPS) is 10.3. The van der Waals surface area contributed by atoms with E-state index < -0.39 is 0 Å². The van der Waals surface area contributed by atoms with Crippen LogP contribution < -0.4 is 10.9 Å². The van der Waals surface area contributed by atoms with Gasteiger partial charge in [0.05, 0.1) is 21.5 Å². The van der Waals surface area contributed by atoms with E-state index in [1.807, 2.05) is 0 Å². The zero-order valence-electron chi connectivity index (χ0n) is 10.0. The van der Waals surface area contributed by atoms with Gasteiger partial charge in [0.1, 0.15) is 0 Å². The first-order valence-corrected chi connectivity index (χ1v) is 7.22. The molecule has 0 aliphatic rings. The van der Waals surface area contributed by atoms with Crippen LogP contribution in [0.15, 0.2) is 40.4 Å². The Morgan fingerprint density at radius 2 is 2.00 bits per heavy atom. The van der Waals surface area contributed by atoms with Crippen molar-refractivity contribution >= 4 is 46.6 Å². The van der Waals surface area contributed by atoms with Crippen LogP contribution in [-0.4, -0.2) is 21.6 Å². The Hall–Kier alpha value is -1.50. The Kier molecular flexibility index (Phi) is 5.05. The molecule has 0 aliphatic carbocycles. The molecule has 8 heteroatoms. The molecule has 2 aromatic rings. The monoisotopic (exact) mass is 329 g/mol. The average Bonchev–Trinajstić information content (AvgIpc) is 2.41. The number of hydrogen-bond acceptors (Lipinski definition) is 4. The molecule has 0 radical (unpaired) electrons. The molecule has 0 aliphatic heterocycles. The Balaban J connectivity index is 1.98. The summed E-state index contributed by atoms with van der Waals surface area (Å²) in [7, 11) is 0. The van der Waals surface area contributed by atoms with Crippen molar-refractivity contribution in [2.45, 2.75) is 5.16 Å². The lowest BCUT2D eigenvalue weighted by atomic mass is 10.3. The molecule has 1 aromatic carbocycles. The molecule has 0 unspecified atom stereocenters. The molecule has 0 atom stereocenters. The number of carbonyl (C=O) groups excluding carboxylic acids is 1. The number of halogens is 2. The molecular formula is C12H9Cl2N3O2S. The highest BCUT2D eigenvalue weighted by atomic mass is 35.5. The first-order chi connectivity index (χ1) is 9.56. The van der Waals surface area contributed by atoms with Gasteiger partial charge in [-0.15, -0.1) is 0 Å². The summed E-state index contributed by atoms with van der Waals surface area (Å²) in [4.78, 5) is 29.3. The van der Waals surface area contributed by atoms with E-state index >= 15 is 0 Å². The fraction of sp³-hybridized carbons (Fsp3) is 0.0833. The number of anilines is 1. The van der Waals surface area contributed by atoms with Gasteiger partial charge in [0.15, 0.2) is 5.16 Å². The van der Waals surface area contributed by atoms with E-state index in [-0.39, 0.29) is 17.2 Å². The van der Waals surface area contributed by atoms with E-state index in [0.29, 0.717) is 20.9 Å². The number of hydrogen-bond donors (Lipinski definition) is 2. The van der Waals surface area contributed by atoms with E-state index in [2.05, 4.69) is 15.3 Å². The van der Waals surface area contributed by atoms with Crippen molar-refractivity contribution in [2.24, 2.45) is 0 Å². The predicted molar refractivity (Wildman–Crippen MR) is 80.7 cm³/mol. The van der Waals surface area contributed by atoms with Gasteiger partial charge in [-0.2, -0.15) is 0 Å². The molecule has 2 N–H and O–H groups in total. The molecule has 1 heterocycles. The zero-order chi connectivity index (χ0) is 14.5. The predicted octanol–water partition coefficient (Wildman–Crippen LogP) is 2.81. The topological polar surface area (TPSA) is 74.8 Å². The van der Waals surface area contributed by atoms with Crippen molar-refractivity contribution in [1.29, 1.82) is 0 Å². The number of aromatic amines is 1. The molecule has 104 valence electrons. The molecule has 5 nitrogen and oxygen atoms in total. The standard InChI is InChI=1S/C12H9Cl2N3O2S/c13-7-2-1-3-8(14)11(7)16-10(19)6-20-12-15-5-4-9(18)17-12/h1-5H,6H2,(H,16,19)(H,15,17,18). The van der Waals surface area contributed by atoms with Gasteiger partial charge in [-0.3, -0.25) is 9.59 Å². The van der Waals surface area contributed by atoms with Gasteiger partial charge in [0.2, 0.25) is 5.91 Å². The average molecular weight is 330 g/mol. The second-order valence-corrected chi connectivity index (χ2v) is 5.45. The van der Waals surface area contributed by atoms with E-state index in [4.69, 9.17) is 23.2 Å². The van der Waals surface area contributed by atoms with Crippen molar-refractivity contribution in [3.8, 4) is 0 Å². The van der Waals surface area contributed by atoms with Gasteiger partial charge in [0, 0.05) is 12.3 Å². The summed E-state index contributed by atoms with van der Waals surface area (Å²) in [6.07, 6.45) is 1.38. The van der Waals surface area contributed by atoms with Gasteiger partial charge in [-0.05, 0) is 12.1 Å². The highest BCUT2D eigenvalue weighted by molar-refractivity contribution is 7.99. The van der Waals surface area contributed by atoms with Gasteiger partial charge in [0.25, 0.3) is 5.56 Å². The number of rotatable bonds is 4. The maximum absolute atomic E-state index is 11.8. The lowest BCUT2D eigenvalue weighted by Gasteiger charge is -2.08. The Bertz CT molecular complexity index is 670. The Morgan fingerprint density at radius 1 is 1.30 bits per heavy atom. The van der Waals surface area contributed by atoms with E-state index in [9.17, 15) is 9.59 Å². The van der Waals surface area contributed by atoms with Crippen LogP contribution >= 0.6 is 35.0 Å². The molecule has 1 amide bonds. The number of nitrogens with zero attached hydrogens (tertiary/aromatic N) is 1. The quantitative estimate of drug-likeness (QED) is 0.668. The van der Waals surface area contributed by atoms with Crippen LogP contribution in [0.2, 0.25) is 10.0 Å². The number of benzene rings is 1. The van der Waals surface area contributed by atoms with Crippen LogP contribution in [0.4, 0.5) is 5.69 Å². The fourth-order valence-corrected chi connectivity index (χ4v) is 2.49. The minimum absolute atomic E-state index is 0.0779. The van der Waals surface area contributed by atoms with E-state index in [1.54, 1.807) is 18.2 Å². The summed E-state index contributed by atoms with van der Waals surface area (Å²) in [5.74, 6) is -0.217. The lowest BCUT2D eigenvalue weighted by molar-refractivity contribution is -0.113. The minimum atomic E-state index is -0.295. The number of H-pyrrole nitrogens is 1. The second-order valence-electron chi connectivity index (χ2n) is 3.67. The zero-order valence-corrected chi connectivity index (χ0v) is 12.4. The van der Waals surface area contributed by atoms with Crippen LogP contribution in [0, 0.1) is 0 Å². The summed E-state index contributed by atoms with van der Waals surface area (Å²) in [6.45, 7) is 0. The van der Waals surface area contributed by atoms with Crippen LogP contribution in [0.25, 0.3) is 0 Å². The molecule has 20 heavy (non-hydrogen) atoms. The largest absolute Gasteiger partial charge is 0.323 e. The molecule has 0 spiro atoms. The number of carbonyl (C=O) groups is 1. The number of nitrogens with one attached hydrogen (secondary N) is 2. The number of amides is 1. The molecule has 0 saturated carbocycles. The first kappa shape index (κ1) is 14.9. The summed E-state index contributed by atoms with van der Waals surface area (Å²) in [6, 6.07) is 6.25.